The number of likely N-dealkylation sites (tertiary alicyclic amines) is 1. The molecule has 0 amide bonds. The summed E-state index contributed by atoms with van der Waals surface area (Å²) in [4.78, 5) is 15.3. The highest BCUT2D eigenvalue weighted by molar-refractivity contribution is 7.59. The number of aromatic nitrogens is 3. The van der Waals surface area contributed by atoms with Crippen LogP contribution in [0.4, 0.5) is 0 Å². The third kappa shape index (κ3) is 3.94. The van der Waals surface area contributed by atoms with Crippen molar-refractivity contribution in [2.45, 2.75) is 39.7 Å². The molecule has 2 unspecified atom stereocenters. The van der Waals surface area contributed by atoms with Crippen molar-refractivity contribution in [2.24, 2.45) is 5.92 Å². The number of nitrogens with zero attached hydrogens (tertiary/aromatic N) is 3. The molecule has 1 saturated heterocycles. The van der Waals surface area contributed by atoms with Gasteiger partial charge in [-0.1, -0.05) is 12.1 Å². The number of aryl methyl sites for hydroxylation is 2. The Kier molecular flexibility index (Phi) is 5.68. The number of benzene rings is 1. The van der Waals surface area contributed by atoms with E-state index in [0.29, 0.717) is 12.0 Å². The summed E-state index contributed by atoms with van der Waals surface area (Å²) in [5.74, 6) is 1.80. The summed E-state index contributed by atoms with van der Waals surface area (Å²) in [5.41, 5.74) is 5.86. The van der Waals surface area contributed by atoms with Crippen molar-refractivity contribution in [1.82, 2.24) is 19.9 Å². The van der Waals surface area contributed by atoms with Crippen LogP contribution in [-0.4, -0.2) is 32.9 Å². The number of aromatic amines is 1. The second kappa shape index (κ2) is 7.80. The van der Waals surface area contributed by atoms with Gasteiger partial charge in [0, 0.05) is 17.9 Å². The number of hydrogen-bond acceptors (Lipinski definition) is 3. The third-order valence-corrected chi connectivity index (χ3v) is 5.33. The molecular formula is C21H28N4S. The Labute approximate surface area is 162 Å². The van der Waals surface area contributed by atoms with E-state index in [-0.39, 0.29) is 13.5 Å². The lowest BCUT2D eigenvalue weighted by Crippen LogP contribution is -2.25. The van der Waals surface area contributed by atoms with Crippen LogP contribution in [0, 0.1) is 19.8 Å². The van der Waals surface area contributed by atoms with E-state index in [1.54, 1.807) is 0 Å². The molecule has 0 bridgehead atoms. The van der Waals surface area contributed by atoms with Crippen molar-refractivity contribution in [1.29, 1.82) is 0 Å². The molecule has 0 spiro atoms. The summed E-state index contributed by atoms with van der Waals surface area (Å²) < 4.78 is 0. The van der Waals surface area contributed by atoms with Crippen LogP contribution in [0.1, 0.15) is 42.2 Å². The molecule has 1 N–H and O–H groups in total. The average molecular weight is 369 g/mol. The molecule has 3 aromatic rings. The molecule has 4 nitrogen and oxygen atoms in total. The SMILES string of the molecule is Cc1cc(CC2CCN(C(C)c3nc4ccccc4[nH]3)C2)cc(C)n1.S. The molecular weight excluding hydrogens is 340 g/mol. The van der Waals surface area contributed by atoms with E-state index in [2.05, 4.69) is 66.0 Å². The van der Waals surface area contributed by atoms with Crippen molar-refractivity contribution >= 4 is 24.5 Å². The first-order valence-electron chi connectivity index (χ1n) is 9.21. The number of fused-ring (bicyclic) bond motifs is 1. The first kappa shape index (κ1) is 18.9. The zero-order valence-corrected chi connectivity index (χ0v) is 16.8. The van der Waals surface area contributed by atoms with Crippen molar-refractivity contribution in [3.63, 3.8) is 0 Å². The van der Waals surface area contributed by atoms with Gasteiger partial charge in [0.15, 0.2) is 0 Å². The highest BCUT2D eigenvalue weighted by Crippen LogP contribution is 2.29. The van der Waals surface area contributed by atoms with Gasteiger partial charge >= 0.3 is 0 Å². The Bertz CT molecular complexity index is 835. The Morgan fingerprint density at radius 3 is 2.62 bits per heavy atom. The average Bonchev–Trinajstić information content (AvgIpc) is 3.19. The Hall–Kier alpha value is -1.85. The maximum Gasteiger partial charge on any atom is 0.124 e. The van der Waals surface area contributed by atoms with Crippen LogP contribution < -0.4 is 0 Å². The lowest BCUT2D eigenvalue weighted by Gasteiger charge is -2.22. The minimum Gasteiger partial charge on any atom is -0.341 e. The van der Waals surface area contributed by atoms with Crippen LogP contribution in [0.15, 0.2) is 36.4 Å². The van der Waals surface area contributed by atoms with E-state index in [1.807, 2.05) is 6.07 Å². The van der Waals surface area contributed by atoms with Gasteiger partial charge in [0.1, 0.15) is 5.82 Å². The van der Waals surface area contributed by atoms with Crippen LogP contribution in [0.3, 0.4) is 0 Å². The largest absolute Gasteiger partial charge is 0.341 e. The summed E-state index contributed by atoms with van der Waals surface area (Å²) >= 11 is 0. The Morgan fingerprint density at radius 2 is 1.88 bits per heavy atom. The zero-order valence-electron chi connectivity index (χ0n) is 15.8. The van der Waals surface area contributed by atoms with E-state index in [0.717, 1.165) is 47.8 Å². The highest BCUT2D eigenvalue weighted by Gasteiger charge is 2.28. The molecule has 1 aromatic carbocycles. The standard InChI is InChI=1S/C21H26N4.H2S/c1-14-10-18(11-15(2)22-14)12-17-8-9-25(13-17)16(3)21-23-19-6-4-5-7-20(19)24-21;/h4-7,10-11,16-17H,8-9,12-13H2,1-3H3,(H,23,24);1H2. The number of para-hydroxylation sites is 2. The van der Waals surface area contributed by atoms with E-state index < -0.39 is 0 Å². The van der Waals surface area contributed by atoms with Gasteiger partial charge in [-0.25, -0.2) is 4.98 Å². The molecule has 0 saturated carbocycles. The lowest BCUT2D eigenvalue weighted by molar-refractivity contribution is 0.245. The van der Waals surface area contributed by atoms with E-state index in [9.17, 15) is 0 Å². The molecule has 2 aromatic heterocycles. The van der Waals surface area contributed by atoms with Gasteiger partial charge in [-0.05, 0) is 75.9 Å². The fourth-order valence-electron chi connectivity index (χ4n) is 4.10. The number of pyridine rings is 1. The smallest absolute Gasteiger partial charge is 0.124 e. The monoisotopic (exact) mass is 368 g/mol. The van der Waals surface area contributed by atoms with Crippen molar-refractivity contribution in [3.8, 4) is 0 Å². The van der Waals surface area contributed by atoms with Gasteiger partial charge in [0.2, 0.25) is 0 Å². The maximum atomic E-state index is 4.78. The van der Waals surface area contributed by atoms with E-state index in [4.69, 9.17) is 4.98 Å². The highest BCUT2D eigenvalue weighted by atomic mass is 32.1. The molecule has 0 aliphatic carbocycles. The minimum absolute atomic E-state index is 0. The number of hydrogen-bond donors (Lipinski definition) is 1. The Morgan fingerprint density at radius 1 is 1.15 bits per heavy atom. The first-order valence-corrected chi connectivity index (χ1v) is 9.21. The molecule has 4 rings (SSSR count). The quantitative estimate of drug-likeness (QED) is 0.746. The van der Waals surface area contributed by atoms with Gasteiger partial charge < -0.3 is 4.98 Å². The summed E-state index contributed by atoms with van der Waals surface area (Å²) in [5, 5.41) is 0. The number of rotatable bonds is 4. The van der Waals surface area contributed by atoms with E-state index >= 15 is 0 Å². The van der Waals surface area contributed by atoms with Gasteiger partial charge in [0.05, 0.1) is 17.1 Å². The second-order valence-corrected chi connectivity index (χ2v) is 7.43. The van der Waals surface area contributed by atoms with E-state index in [1.165, 1.54) is 12.0 Å². The minimum atomic E-state index is 0. The van der Waals surface area contributed by atoms with Crippen molar-refractivity contribution < 1.29 is 0 Å². The number of H-pyrrole nitrogens is 1. The Balaban J connectivity index is 0.00000196. The van der Waals surface area contributed by atoms with Crippen molar-refractivity contribution in [3.05, 3.63) is 59.2 Å². The summed E-state index contributed by atoms with van der Waals surface area (Å²) in [7, 11) is 0. The number of imidazole rings is 1. The first-order chi connectivity index (χ1) is 12.1. The fourth-order valence-corrected chi connectivity index (χ4v) is 4.10. The van der Waals surface area contributed by atoms with Crippen LogP contribution in [0.25, 0.3) is 11.0 Å². The van der Waals surface area contributed by atoms with Gasteiger partial charge in [-0.2, -0.15) is 13.5 Å². The predicted molar refractivity (Wildman–Crippen MR) is 112 cm³/mol. The topological polar surface area (TPSA) is 44.8 Å². The molecule has 138 valence electrons. The van der Waals surface area contributed by atoms with Gasteiger partial charge in [0.25, 0.3) is 0 Å². The third-order valence-electron chi connectivity index (χ3n) is 5.33. The molecule has 1 aliphatic heterocycles. The van der Waals surface area contributed by atoms with Crippen molar-refractivity contribution in [2.75, 3.05) is 13.1 Å². The number of nitrogens with one attached hydrogen (secondary N) is 1. The fraction of sp³-hybridized carbons (Fsp3) is 0.429. The molecule has 5 heteroatoms. The zero-order chi connectivity index (χ0) is 17.4. The molecule has 26 heavy (non-hydrogen) atoms. The van der Waals surface area contributed by atoms with Crippen LogP contribution in [0.5, 0.6) is 0 Å². The maximum absolute atomic E-state index is 4.78. The summed E-state index contributed by atoms with van der Waals surface area (Å²) in [6, 6.07) is 13.1. The molecule has 2 atom stereocenters. The van der Waals surface area contributed by atoms with Crippen LogP contribution in [-0.2, 0) is 6.42 Å². The van der Waals surface area contributed by atoms with Gasteiger partial charge in [-0.15, -0.1) is 0 Å². The molecule has 3 heterocycles. The van der Waals surface area contributed by atoms with Crippen LogP contribution >= 0.6 is 13.5 Å². The summed E-state index contributed by atoms with van der Waals surface area (Å²) in [6.07, 6.45) is 2.40. The second-order valence-electron chi connectivity index (χ2n) is 7.43. The van der Waals surface area contributed by atoms with Crippen LogP contribution in [0.2, 0.25) is 0 Å². The van der Waals surface area contributed by atoms with Gasteiger partial charge in [-0.3, -0.25) is 9.88 Å². The predicted octanol–water partition coefficient (Wildman–Crippen LogP) is 4.31. The summed E-state index contributed by atoms with van der Waals surface area (Å²) in [6.45, 7) is 8.72. The molecule has 1 aliphatic rings. The normalized spacial score (nSPS) is 18.8. The molecule has 0 radical (unpaired) electrons. The molecule has 1 fully saturated rings. The lowest BCUT2D eigenvalue weighted by atomic mass is 9.98.